The van der Waals surface area contributed by atoms with Crippen LogP contribution < -0.4 is 16.0 Å². The number of aromatic nitrogens is 4. The topological polar surface area (TPSA) is 101 Å². The number of nitrogens with zero attached hydrogens (tertiary/aromatic N) is 5. The van der Waals surface area contributed by atoms with Gasteiger partial charge in [-0.1, -0.05) is 18.2 Å². The standard InChI is InChI=1S/C22H20FN7O/c1-13(16-4-2-3-5-17(16)23)26-22(31)29-8-7-18-19(29)10-15(12-25-18)14-6-9-30-20(11-14)27-21(24)28-30/h2-6,9-13H,7-8H2,1H3,(H2,24,28)(H,26,31)/t13-/m0/s1. The maximum Gasteiger partial charge on any atom is 0.322 e. The molecule has 156 valence electrons. The quantitative estimate of drug-likeness (QED) is 0.532. The predicted octanol–water partition coefficient (Wildman–Crippen LogP) is 3.35. The van der Waals surface area contributed by atoms with Gasteiger partial charge >= 0.3 is 6.03 Å². The number of urea groups is 1. The van der Waals surface area contributed by atoms with Crippen LogP contribution in [0.25, 0.3) is 16.8 Å². The fourth-order valence-corrected chi connectivity index (χ4v) is 3.86. The third-order valence-electron chi connectivity index (χ3n) is 5.45. The lowest BCUT2D eigenvalue weighted by molar-refractivity contribution is 0.243. The summed E-state index contributed by atoms with van der Waals surface area (Å²) in [5, 5.41) is 6.97. The van der Waals surface area contributed by atoms with E-state index in [1.165, 1.54) is 6.07 Å². The van der Waals surface area contributed by atoms with Gasteiger partial charge in [-0.2, -0.15) is 4.98 Å². The first-order chi connectivity index (χ1) is 15.0. The number of carbonyl (C=O) groups is 1. The second kappa shape index (κ2) is 7.35. The van der Waals surface area contributed by atoms with Crippen molar-refractivity contribution in [1.82, 2.24) is 24.9 Å². The summed E-state index contributed by atoms with van der Waals surface area (Å²) in [5.74, 6) is -0.137. The minimum absolute atomic E-state index is 0.205. The molecule has 31 heavy (non-hydrogen) atoms. The van der Waals surface area contributed by atoms with Crippen LogP contribution in [0.2, 0.25) is 0 Å². The smallest absolute Gasteiger partial charge is 0.322 e. The molecular weight excluding hydrogens is 397 g/mol. The number of nitrogen functional groups attached to an aromatic ring is 1. The van der Waals surface area contributed by atoms with Gasteiger partial charge < -0.3 is 11.1 Å². The number of amides is 2. The molecule has 0 bridgehead atoms. The molecule has 1 atom stereocenters. The first-order valence-corrected chi connectivity index (χ1v) is 9.93. The van der Waals surface area contributed by atoms with Crippen molar-refractivity contribution in [1.29, 1.82) is 0 Å². The number of fused-ring (bicyclic) bond motifs is 2. The van der Waals surface area contributed by atoms with Crippen molar-refractivity contribution >= 4 is 23.3 Å². The molecule has 4 heterocycles. The van der Waals surface area contributed by atoms with Crippen molar-refractivity contribution in [2.24, 2.45) is 0 Å². The molecule has 0 radical (unpaired) electrons. The molecule has 0 unspecified atom stereocenters. The summed E-state index contributed by atoms with van der Waals surface area (Å²) in [4.78, 5) is 23.4. The summed E-state index contributed by atoms with van der Waals surface area (Å²) in [6, 6.07) is 11.4. The molecule has 4 aromatic rings. The Bertz CT molecular complexity index is 1300. The average Bonchev–Trinajstić information content (AvgIpc) is 3.35. The third kappa shape index (κ3) is 3.43. The summed E-state index contributed by atoms with van der Waals surface area (Å²) >= 11 is 0. The van der Waals surface area contributed by atoms with Crippen molar-refractivity contribution in [2.45, 2.75) is 19.4 Å². The van der Waals surface area contributed by atoms with E-state index >= 15 is 0 Å². The fraction of sp³-hybridized carbons (Fsp3) is 0.182. The number of hydrogen-bond donors (Lipinski definition) is 2. The second-order valence-corrected chi connectivity index (χ2v) is 7.47. The zero-order chi connectivity index (χ0) is 21.5. The first-order valence-electron chi connectivity index (χ1n) is 9.93. The Morgan fingerprint density at radius 2 is 2.06 bits per heavy atom. The number of halogens is 1. The van der Waals surface area contributed by atoms with E-state index in [0.29, 0.717) is 24.2 Å². The minimum atomic E-state index is -0.463. The number of carbonyl (C=O) groups excluding carboxylic acids is 1. The summed E-state index contributed by atoms with van der Waals surface area (Å²) < 4.78 is 15.7. The molecule has 5 rings (SSSR count). The molecule has 1 aliphatic rings. The Labute approximate surface area is 177 Å². The molecular formula is C22H20FN7O. The Balaban J connectivity index is 1.41. The predicted molar refractivity (Wildman–Crippen MR) is 115 cm³/mol. The van der Waals surface area contributed by atoms with E-state index < -0.39 is 6.04 Å². The number of benzene rings is 1. The highest BCUT2D eigenvalue weighted by atomic mass is 19.1. The van der Waals surface area contributed by atoms with Crippen LogP contribution in [-0.2, 0) is 6.42 Å². The maximum atomic E-state index is 14.1. The van der Waals surface area contributed by atoms with Crippen LogP contribution in [0.15, 0.2) is 54.9 Å². The maximum absolute atomic E-state index is 14.1. The Morgan fingerprint density at radius 3 is 2.90 bits per heavy atom. The highest BCUT2D eigenvalue weighted by Crippen LogP contribution is 2.32. The fourth-order valence-electron chi connectivity index (χ4n) is 3.86. The van der Waals surface area contributed by atoms with E-state index in [1.807, 2.05) is 18.2 Å². The molecule has 3 aromatic heterocycles. The number of nitrogens with two attached hydrogens (primary N) is 1. The molecule has 0 spiro atoms. The summed E-state index contributed by atoms with van der Waals surface area (Å²) in [7, 11) is 0. The molecule has 2 amide bonds. The van der Waals surface area contributed by atoms with E-state index in [2.05, 4.69) is 20.4 Å². The van der Waals surface area contributed by atoms with Gasteiger partial charge in [0.1, 0.15) is 5.82 Å². The molecule has 1 aromatic carbocycles. The normalized spacial score (nSPS) is 13.9. The summed E-state index contributed by atoms with van der Waals surface area (Å²) in [6.45, 7) is 2.28. The van der Waals surface area contributed by atoms with Crippen molar-refractivity contribution in [2.75, 3.05) is 17.2 Å². The van der Waals surface area contributed by atoms with Gasteiger partial charge in [0.2, 0.25) is 5.95 Å². The molecule has 0 fully saturated rings. The molecule has 9 heteroatoms. The lowest BCUT2D eigenvalue weighted by atomic mass is 10.1. The second-order valence-electron chi connectivity index (χ2n) is 7.47. The Kier molecular flexibility index (Phi) is 4.50. The largest absolute Gasteiger partial charge is 0.366 e. The van der Waals surface area contributed by atoms with Crippen LogP contribution in [0.5, 0.6) is 0 Å². The SMILES string of the molecule is C[C@H](NC(=O)N1CCc2ncc(-c3ccn4nc(N)nc4c3)cc21)c1ccccc1F. The number of pyridine rings is 2. The zero-order valence-corrected chi connectivity index (χ0v) is 16.8. The van der Waals surface area contributed by atoms with Gasteiger partial charge in [-0.05, 0) is 36.8 Å². The van der Waals surface area contributed by atoms with E-state index in [9.17, 15) is 9.18 Å². The highest BCUT2D eigenvalue weighted by Gasteiger charge is 2.27. The van der Waals surface area contributed by atoms with E-state index in [1.54, 1.807) is 46.9 Å². The first kappa shape index (κ1) is 19.0. The van der Waals surface area contributed by atoms with Crippen LogP contribution in [0, 0.1) is 5.82 Å². The zero-order valence-electron chi connectivity index (χ0n) is 16.8. The number of nitrogens with one attached hydrogen (secondary N) is 1. The van der Waals surface area contributed by atoms with Gasteiger partial charge in [-0.3, -0.25) is 9.88 Å². The highest BCUT2D eigenvalue weighted by molar-refractivity contribution is 5.95. The van der Waals surface area contributed by atoms with Crippen LogP contribution >= 0.6 is 0 Å². The van der Waals surface area contributed by atoms with Crippen LogP contribution in [0.1, 0.15) is 24.2 Å². The molecule has 0 saturated carbocycles. The van der Waals surface area contributed by atoms with Gasteiger partial charge in [-0.15, -0.1) is 5.10 Å². The van der Waals surface area contributed by atoms with Crippen LogP contribution in [0.4, 0.5) is 20.8 Å². The number of anilines is 2. The monoisotopic (exact) mass is 417 g/mol. The van der Waals surface area contributed by atoms with Gasteiger partial charge in [-0.25, -0.2) is 13.7 Å². The van der Waals surface area contributed by atoms with Gasteiger partial charge in [0, 0.05) is 36.5 Å². The van der Waals surface area contributed by atoms with Crippen LogP contribution in [0.3, 0.4) is 0 Å². The molecule has 8 nitrogen and oxygen atoms in total. The van der Waals surface area contributed by atoms with Crippen molar-refractivity contribution < 1.29 is 9.18 Å². The molecule has 0 saturated heterocycles. The lowest BCUT2D eigenvalue weighted by Crippen LogP contribution is -2.40. The molecule has 3 N–H and O–H groups in total. The van der Waals surface area contributed by atoms with Crippen LogP contribution in [-0.4, -0.2) is 32.2 Å². The average molecular weight is 417 g/mol. The Morgan fingerprint density at radius 1 is 1.23 bits per heavy atom. The molecule has 1 aliphatic heterocycles. The van der Waals surface area contributed by atoms with Gasteiger partial charge in [0.05, 0.1) is 17.4 Å². The third-order valence-corrected chi connectivity index (χ3v) is 5.45. The molecule has 0 aliphatic carbocycles. The van der Waals surface area contributed by atoms with E-state index in [0.717, 1.165) is 22.5 Å². The minimum Gasteiger partial charge on any atom is -0.366 e. The lowest BCUT2D eigenvalue weighted by Gasteiger charge is -2.22. The van der Waals surface area contributed by atoms with Crippen molar-refractivity contribution in [3.8, 4) is 11.1 Å². The number of rotatable bonds is 3. The van der Waals surface area contributed by atoms with Crippen molar-refractivity contribution in [3.63, 3.8) is 0 Å². The van der Waals surface area contributed by atoms with E-state index in [4.69, 9.17) is 5.73 Å². The Hall–Kier alpha value is -4.01. The van der Waals surface area contributed by atoms with Crippen molar-refractivity contribution in [3.05, 3.63) is 71.9 Å². The summed E-state index contributed by atoms with van der Waals surface area (Å²) in [6.07, 6.45) is 4.23. The van der Waals surface area contributed by atoms with E-state index in [-0.39, 0.29) is 17.8 Å². The van der Waals surface area contributed by atoms with Gasteiger partial charge in [0.15, 0.2) is 5.65 Å². The number of hydrogen-bond acceptors (Lipinski definition) is 5. The summed E-state index contributed by atoms with van der Waals surface area (Å²) in [5.41, 5.74) is 10.1. The van der Waals surface area contributed by atoms with Gasteiger partial charge in [0.25, 0.3) is 0 Å².